The van der Waals surface area contributed by atoms with Crippen LogP contribution in [0.5, 0.6) is 11.5 Å². The Morgan fingerprint density at radius 1 is 1.23 bits per heavy atom. The number of amides is 1. The van der Waals surface area contributed by atoms with E-state index in [-0.39, 0.29) is 17.9 Å². The largest absolute Gasteiger partial charge is 0.482 e. The molecule has 0 spiro atoms. The maximum absolute atomic E-state index is 13.2. The molecule has 2 aliphatic rings. The summed E-state index contributed by atoms with van der Waals surface area (Å²) in [6.07, 6.45) is 1.67. The fraction of sp³-hybridized carbons (Fsp3) is 0.409. The molecular formula is C22H23N3O4S. The molecule has 2 aliphatic heterocycles. The number of piperidine rings is 1. The predicted octanol–water partition coefficient (Wildman–Crippen LogP) is 3.81. The Balaban J connectivity index is 1.24. The van der Waals surface area contributed by atoms with Crippen LogP contribution in [0, 0.1) is 5.92 Å². The van der Waals surface area contributed by atoms with Crippen molar-refractivity contribution in [2.24, 2.45) is 5.92 Å². The molecule has 1 amide bonds. The van der Waals surface area contributed by atoms with E-state index in [0.717, 1.165) is 24.9 Å². The fourth-order valence-electron chi connectivity index (χ4n) is 4.10. The number of fused-ring (bicyclic) bond motifs is 1. The molecule has 3 unspecified atom stereocenters. The number of thiophene rings is 1. The Morgan fingerprint density at radius 2 is 2.07 bits per heavy atom. The highest BCUT2D eigenvalue weighted by atomic mass is 32.1. The first kappa shape index (κ1) is 19.1. The molecule has 1 fully saturated rings. The molecule has 2 aromatic heterocycles. The van der Waals surface area contributed by atoms with Crippen molar-refractivity contribution in [2.45, 2.75) is 38.4 Å². The second kappa shape index (κ2) is 8.10. The Bertz CT molecular complexity index is 1020. The van der Waals surface area contributed by atoms with E-state index in [1.54, 1.807) is 11.3 Å². The van der Waals surface area contributed by atoms with Crippen LogP contribution in [0.4, 0.5) is 0 Å². The zero-order valence-electron chi connectivity index (χ0n) is 16.7. The lowest BCUT2D eigenvalue weighted by atomic mass is 9.94. The van der Waals surface area contributed by atoms with Crippen molar-refractivity contribution in [1.82, 2.24) is 15.0 Å². The molecule has 0 radical (unpaired) electrons. The van der Waals surface area contributed by atoms with Gasteiger partial charge in [0.25, 0.3) is 5.91 Å². The molecule has 1 saturated heterocycles. The molecule has 1 aromatic carbocycles. The third kappa shape index (κ3) is 3.79. The molecule has 8 heteroatoms. The van der Waals surface area contributed by atoms with Crippen LogP contribution in [0.3, 0.4) is 0 Å². The predicted molar refractivity (Wildman–Crippen MR) is 112 cm³/mol. The van der Waals surface area contributed by atoms with Gasteiger partial charge in [0.1, 0.15) is 6.10 Å². The van der Waals surface area contributed by atoms with E-state index in [1.165, 1.54) is 0 Å². The summed E-state index contributed by atoms with van der Waals surface area (Å²) < 4.78 is 17.4. The molecular weight excluding hydrogens is 402 g/mol. The average molecular weight is 426 g/mol. The van der Waals surface area contributed by atoms with Crippen LogP contribution in [0.1, 0.15) is 25.7 Å². The summed E-state index contributed by atoms with van der Waals surface area (Å²) in [5.41, 5.74) is 0.971. The normalized spacial score (nSPS) is 23.4. The standard InChI is InChI=1S/C22H23N3O4S/c1-14-20(28-18-7-3-2-6-17(18)27-14)22(26)25-9-4-5-15(12-25)11-19-23-21(24-29-19)16-8-10-30-13-16/h2-3,6-8,10,13-15,20H,4-5,9,11-12H2,1H3. The highest BCUT2D eigenvalue weighted by molar-refractivity contribution is 7.08. The van der Waals surface area contributed by atoms with Crippen LogP contribution >= 0.6 is 11.3 Å². The van der Waals surface area contributed by atoms with Crippen LogP contribution < -0.4 is 9.47 Å². The van der Waals surface area contributed by atoms with Crippen LogP contribution in [-0.4, -0.2) is 46.2 Å². The van der Waals surface area contributed by atoms with Crippen molar-refractivity contribution in [3.63, 3.8) is 0 Å². The Morgan fingerprint density at radius 3 is 2.87 bits per heavy atom. The quantitative estimate of drug-likeness (QED) is 0.633. The maximum Gasteiger partial charge on any atom is 0.267 e. The van der Waals surface area contributed by atoms with Crippen molar-refractivity contribution in [1.29, 1.82) is 0 Å². The molecule has 5 rings (SSSR count). The van der Waals surface area contributed by atoms with Gasteiger partial charge >= 0.3 is 0 Å². The monoisotopic (exact) mass is 425 g/mol. The highest BCUT2D eigenvalue weighted by Crippen LogP contribution is 2.34. The summed E-state index contributed by atoms with van der Waals surface area (Å²) in [7, 11) is 0. The van der Waals surface area contributed by atoms with E-state index >= 15 is 0 Å². The molecule has 0 aliphatic carbocycles. The summed E-state index contributed by atoms with van der Waals surface area (Å²) in [5, 5.41) is 8.08. The number of hydrogen-bond acceptors (Lipinski definition) is 7. The minimum absolute atomic E-state index is 0.0220. The molecule has 156 valence electrons. The molecule has 0 N–H and O–H groups in total. The van der Waals surface area contributed by atoms with Gasteiger partial charge in [-0.05, 0) is 49.3 Å². The highest BCUT2D eigenvalue weighted by Gasteiger charge is 2.38. The summed E-state index contributed by atoms with van der Waals surface area (Å²) in [6.45, 7) is 3.26. The number of benzene rings is 1. The number of rotatable bonds is 4. The zero-order chi connectivity index (χ0) is 20.5. The van der Waals surface area contributed by atoms with Gasteiger partial charge in [0.15, 0.2) is 11.5 Å². The molecule has 0 bridgehead atoms. The van der Waals surface area contributed by atoms with Gasteiger partial charge in [0.05, 0.1) is 0 Å². The first-order valence-electron chi connectivity index (χ1n) is 10.2. The fourth-order valence-corrected chi connectivity index (χ4v) is 4.73. The minimum atomic E-state index is -0.632. The first-order chi connectivity index (χ1) is 14.7. The minimum Gasteiger partial charge on any atom is -0.482 e. The number of likely N-dealkylation sites (tertiary alicyclic amines) is 1. The topological polar surface area (TPSA) is 77.7 Å². The van der Waals surface area contributed by atoms with Gasteiger partial charge < -0.3 is 18.9 Å². The van der Waals surface area contributed by atoms with Gasteiger partial charge in [-0.15, -0.1) is 0 Å². The van der Waals surface area contributed by atoms with Crippen molar-refractivity contribution in [3.05, 3.63) is 47.0 Å². The molecule has 30 heavy (non-hydrogen) atoms. The summed E-state index contributed by atoms with van der Waals surface area (Å²) >= 11 is 1.60. The second-order valence-corrected chi connectivity index (χ2v) is 8.61. The smallest absolute Gasteiger partial charge is 0.267 e. The van der Waals surface area contributed by atoms with E-state index in [4.69, 9.17) is 14.0 Å². The van der Waals surface area contributed by atoms with Crippen molar-refractivity contribution in [3.8, 4) is 22.9 Å². The Hall–Kier alpha value is -2.87. The number of hydrogen-bond donors (Lipinski definition) is 0. The molecule has 0 saturated carbocycles. The molecule has 4 heterocycles. The summed E-state index contributed by atoms with van der Waals surface area (Å²) in [6, 6.07) is 9.45. The third-order valence-electron chi connectivity index (χ3n) is 5.63. The third-order valence-corrected chi connectivity index (χ3v) is 6.31. The Kier molecular flexibility index (Phi) is 5.16. The number of carbonyl (C=O) groups is 1. The number of ether oxygens (including phenoxy) is 2. The van der Waals surface area contributed by atoms with Crippen LogP contribution in [0.2, 0.25) is 0 Å². The van der Waals surface area contributed by atoms with E-state index in [9.17, 15) is 4.79 Å². The lowest BCUT2D eigenvalue weighted by molar-refractivity contribution is -0.146. The number of para-hydroxylation sites is 2. The first-order valence-corrected chi connectivity index (χ1v) is 11.2. The van der Waals surface area contributed by atoms with Crippen LogP contribution in [0.25, 0.3) is 11.4 Å². The maximum atomic E-state index is 13.2. The van der Waals surface area contributed by atoms with E-state index in [2.05, 4.69) is 10.1 Å². The summed E-state index contributed by atoms with van der Waals surface area (Å²) in [5.74, 6) is 2.81. The lowest BCUT2D eigenvalue weighted by Gasteiger charge is -2.37. The van der Waals surface area contributed by atoms with E-state index in [0.29, 0.717) is 36.2 Å². The average Bonchev–Trinajstić information content (AvgIpc) is 3.45. The summed E-state index contributed by atoms with van der Waals surface area (Å²) in [4.78, 5) is 19.6. The SMILES string of the molecule is CC1Oc2ccccc2OC1C(=O)N1CCCC(Cc2nc(-c3ccsc3)no2)C1. The number of carbonyl (C=O) groups excluding carboxylic acids is 1. The molecule has 3 atom stereocenters. The second-order valence-electron chi connectivity index (χ2n) is 7.83. The van der Waals surface area contributed by atoms with E-state index < -0.39 is 6.10 Å². The van der Waals surface area contributed by atoms with Crippen LogP contribution in [-0.2, 0) is 11.2 Å². The van der Waals surface area contributed by atoms with Crippen molar-refractivity contribution >= 4 is 17.2 Å². The number of aromatic nitrogens is 2. The van der Waals surface area contributed by atoms with Gasteiger partial charge in [0.2, 0.25) is 17.8 Å². The van der Waals surface area contributed by atoms with Gasteiger partial charge in [-0.1, -0.05) is 17.3 Å². The van der Waals surface area contributed by atoms with Crippen LogP contribution in [0.15, 0.2) is 45.6 Å². The molecule has 3 aromatic rings. The number of nitrogens with zero attached hydrogens (tertiary/aromatic N) is 3. The van der Waals surface area contributed by atoms with Gasteiger partial charge in [-0.2, -0.15) is 16.3 Å². The molecule has 7 nitrogen and oxygen atoms in total. The van der Waals surface area contributed by atoms with Gasteiger partial charge in [-0.25, -0.2) is 0 Å². The van der Waals surface area contributed by atoms with Crippen molar-refractivity contribution < 1.29 is 18.8 Å². The van der Waals surface area contributed by atoms with Gasteiger partial charge in [0, 0.05) is 30.5 Å². The lowest BCUT2D eigenvalue weighted by Crippen LogP contribution is -2.53. The zero-order valence-corrected chi connectivity index (χ0v) is 17.5. The Labute approximate surface area is 178 Å². The van der Waals surface area contributed by atoms with Gasteiger partial charge in [-0.3, -0.25) is 4.79 Å². The van der Waals surface area contributed by atoms with Crippen molar-refractivity contribution in [2.75, 3.05) is 13.1 Å². The van der Waals surface area contributed by atoms with E-state index in [1.807, 2.05) is 52.9 Å².